The number of nitrogens with zero attached hydrogens (tertiary/aromatic N) is 10. The van der Waals surface area contributed by atoms with Crippen molar-refractivity contribution in [2.75, 3.05) is 0 Å². The summed E-state index contributed by atoms with van der Waals surface area (Å²) in [5.74, 6) is -2.76. The van der Waals surface area contributed by atoms with Gasteiger partial charge in [0.05, 0.1) is 11.1 Å². The second-order valence-electron chi connectivity index (χ2n) is 8.28. The summed E-state index contributed by atoms with van der Waals surface area (Å²) in [6, 6.07) is 9.66. The normalized spacial score (nSPS) is 12.8. The van der Waals surface area contributed by atoms with E-state index >= 15 is 8.78 Å². The Kier molecular flexibility index (Phi) is 6.30. The number of benzene rings is 1. The SMILES string of the molecule is N#CC(C#N)=C1C(c2cnc(F)nc2)=C(C#N)c2c(F)c3c(c(F)c21)C(=C(C#N)C#N)C(c1cnc(F)nc1)=C3C#N. The highest BCUT2D eigenvalue weighted by Crippen LogP contribution is 2.56. The molecule has 0 amide bonds. The first kappa shape index (κ1) is 26.6. The highest BCUT2D eigenvalue weighted by molar-refractivity contribution is 6.30. The highest BCUT2D eigenvalue weighted by Gasteiger charge is 2.44. The molecule has 2 aliphatic carbocycles. The lowest BCUT2D eigenvalue weighted by Gasteiger charge is -2.14. The van der Waals surface area contributed by atoms with Gasteiger partial charge in [0, 0.05) is 80.5 Å². The zero-order valence-corrected chi connectivity index (χ0v) is 20.3. The number of halogens is 4. The summed E-state index contributed by atoms with van der Waals surface area (Å²) < 4.78 is 60.4. The third kappa shape index (κ3) is 3.59. The van der Waals surface area contributed by atoms with E-state index in [1.165, 1.54) is 0 Å². The quantitative estimate of drug-likeness (QED) is 0.249. The Morgan fingerprint density at radius 3 is 1.10 bits per heavy atom. The molecule has 0 unspecified atom stereocenters. The monoisotopic (exact) mass is 556 g/mol. The van der Waals surface area contributed by atoms with Crippen LogP contribution in [-0.4, -0.2) is 19.9 Å². The third-order valence-corrected chi connectivity index (χ3v) is 6.37. The van der Waals surface area contributed by atoms with Crippen LogP contribution in [0.4, 0.5) is 17.6 Å². The van der Waals surface area contributed by atoms with Gasteiger partial charge in [0.2, 0.25) is 0 Å². The van der Waals surface area contributed by atoms with E-state index in [2.05, 4.69) is 19.9 Å². The maximum atomic E-state index is 16.8. The smallest absolute Gasteiger partial charge is 0.210 e. The maximum absolute atomic E-state index is 16.8. The van der Waals surface area contributed by atoms with E-state index in [9.17, 15) is 40.4 Å². The fourth-order valence-electron chi connectivity index (χ4n) is 4.84. The van der Waals surface area contributed by atoms with Crippen molar-refractivity contribution in [1.29, 1.82) is 31.6 Å². The van der Waals surface area contributed by atoms with Crippen LogP contribution in [0.3, 0.4) is 0 Å². The summed E-state index contributed by atoms with van der Waals surface area (Å²) in [4.78, 5) is 13.5. The Morgan fingerprint density at radius 2 is 0.810 bits per heavy atom. The highest BCUT2D eigenvalue weighted by atomic mass is 19.1. The molecule has 0 saturated heterocycles. The molecule has 0 radical (unpaired) electrons. The fraction of sp³-hybridized carbons (Fsp3) is 0. The maximum Gasteiger partial charge on any atom is 0.308 e. The molecule has 0 aliphatic heterocycles. The van der Waals surface area contributed by atoms with Crippen molar-refractivity contribution in [2.45, 2.75) is 0 Å². The lowest BCUT2D eigenvalue weighted by molar-refractivity contribution is 0.537. The minimum absolute atomic E-state index is 0.174. The molecule has 0 spiro atoms. The summed E-state index contributed by atoms with van der Waals surface area (Å²) in [7, 11) is 0. The summed E-state index contributed by atoms with van der Waals surface area (Å²) in [5, 5.41) is 59.0. The van der Waals surface area contributed by atoms with E-state index in [0.29, 0.717) is 0 Å². The van der Waals surface area contributed by atoms with Crippen molar-refractivity contribution in [1.82, 2.24) is 19.9 Å². The number of rotatable bonds is 2. The van der Waals surface area contributed by atoms with E-state index in [-0.39, 0.29) is 22.3 Å². The zero-order chi connectivity index (χ0) is 30.3. The van der Waals surface area contributed by atoms with Crippen molar-refractivity contribution in [3.8, 4) is 36.4 Å². The van der Waals surface area contributed by atoms with Gasteiger partial charge in [0.25, 0.3) is 0 Å². The van der Waals surface area contributed by atoms with Crippen molar-refractivity contribution in [2.24, 2.45) is 0 Å². The van der Waals surface area contributed by atoms with Crippen LogP contribution >= 0.6 is 0 Å². The molecule has 0 bridgehead atoms. The Balaban J connectivity index is 2.03. The van der Waals surface area contributed by atoms with Crippen LogP contribution in [0.25, 0.3) is 33.4 Å². The van der Waals surface area contributed by atoms with E-state index in [4.69, 9.17) is 0 Å². The van der Waals surface area contributed by atoms with E-state index < -0.39 is 79.5 Å². The lowest BCUT2D eigenvalue weighted by Crippen LogP contribution is -2.05. The van der Waals surface area contributed by atoms with Gasteiger partial charge < -0.3 is 0 Å². The molecule has 194 valence electrons. The first-order chi connectivity index (χ1) is 20.3. The van der Waals surface area contributed by atoms with Gasteiger partial charge in [0.15, 0.2) is 0 Å². The van der Waals surface area contributed by atoms with Gasteiger partial charge >= 0.3 is 12.2 Å². The van der Waals surface area contributed by atoms with Gasteiger partial charge in [-0.05, 0) is 0 Å². The average molecular weight is 556 g/mol. The molecule has 0 fully saturated rings. The topological polar surface area (TPSA) is 194 Å². The number of nitriles is 6. The first-order valence-electron chi connectivity index (χ1n) is 11.2. The van der Waals surface area contributed by atoms with Crippen LogP contribution in [0.15, 0.2) is 35.9 Å². The number of hydrogen-bond donors (Lipinski definition) is 0. The summed E-state index contributed by atoms with van der Waals surface area (Å²) >= 11 is 0. The molecule has 2 aromatic heterocycles. The molecule has 10 nitrogen and oxygen atoms in total. The molecular weight excluding hydrogens is 552 g/mol. The molecule has 2 aliphatic rings. The summed E-state index contributed by atoms with van der Waals surface area (Å²) in [5.41, 5.74) is -7.97. The molecule has 3 aromatic rings. The first-order valence-corrected chi connectivity index (χ1v) is 11.2. The van der Waals surface area contributed by atoms with Crippen LogP contribution in [0.2, 0.25) is 0 Å². The van der Waals surface area contributed by atoms with Crippen molar-refractivity contribution < 1.29 is 17.6 Å². The van der Waals surface area contributed by atoms with Gasteiger partial charge in [-0.15, -0.1) is 0 Å². The molecule has 0 atom stereocenters. The third-order valence-electron chi connectivity index (χ3n) is 6.37. The van der Waals surface area contributed by atoms with Crippen LogP contribution in [0.5, 0.6) is 0 Å². The predicted molar refractivity (Wildman–Crippen MR) is 131 cm³/mol. The molecule has 2 heterocycles. The van der Waals surface area contributed by atoms with Gasteiger partial charge in [-0.2, -0.15) is 40.4 Å². The number of fused-ring (bicyclic) bond motifs is 2. The largest absolute Gasteiger partial charge is 0.308 e. The predicted octanol–water partition coefficient (Wildman–Crippen LogP) is 4.32. The fourth-order valence-corrected chi connectivity index (χ4v) is 4.84. The minimum atomic E-state index is -1.39. The minimum Gasteiger partial charge on any atom is -0.210 e. The van der Waals surface area contributed by atoms with Crippen molar-refractivity contribution in [3.05, 3.63) is 93.1 Å². The van der Waals surface area contributed by atoms with Crippen molar-refractivity contribution >= 4 is 33.4 Å². The van der Waals surface area contributed by atoms with Crippen LogP contribution in [0.1, 0.15) is 33.4 Å². The van der Waals surface area contributed by atoms with Gasteiger partial charge in [-0.1, -0.05) is 0 Å². The summed E-state index contributed by atoms with van der Waals surface area (Å²) in [6.07, 6.45) is 1.15. The van der Waals surface area contributed by atoms with Gasteiger partial charge in [0.1, 0.15) is 59.2 Å². The summed E-state index contributed by atoms with van der Waals surface area (Å²) in [6.45, 7) is 0. The van der Waals surface area contributed by atoms with Gasteiger partial charge in [-0.25, -0.2) is 28.7 Å². The molecule has 14 heteroatoms. The molecule has 0 N–H and O–H groups in total. The van der Waals surface area contributed by atoms with E-state index in [1.807, 2.05) is 0 Å². The Labute approximate surface area is 232 Å². The standard InChI is InChI=1S/C28H4F4N10/c29-25-21-15(5-37)17(13-7-39-27(31)40-8-13)19(11(1-33)2-34)23(21)26(30)24-20(12(3-35)4-36)18(16(6-38)22(24)25)14-9-41-28(32)42-10-14/h7-10H. The molecule has 42 heavy (non-hydrogen) atoms. The zero-order valence-electron chi connectivity index (χ0n) is 20.3. The van der Waals surface area contributed by atoms with Crippen LogP contribution < -0.4 is 0 Å². The van der Waals surface area contributed by atoms with E-state index in [0.717, 1.165) is 24.8 Å². The Bertz CT molecular complexity index is 1980. The van der Waals surface area contributed by atoms with Gasteiger partial charge in [-0.3, -0.25) is 0 Å². The molecule has 0 saturated carbocycles. The molecule has 5 rings (SSSR count). The van der Waals surface area contributed by atoms with E-state index in [1.54, 1.807) is 36.4 Å². The molecule has 1 aromatic carbocycles. The second kappa shape index (κ2) is 9.95. The Morgan fingerprint density at radius 1 is 0.500 bits per heavy atom. The van der Waals surface area contributed by atoms with Crippen molar-refractivity contribution in [3.63, 3.8) is 0 Å². The lowest BCUT2D eigenvalue weighted by atomic mass is 9.88. The Hall–Kier alpha value is -7.00. The number of hydrogen-bond acceptors (Lipinski definition) is 10. The number of aromatic nitrogens is 4. The second-order valence-corrected chi connectivity index (χ2v) is 8.28. The van der Waals surface area contributed by atoms with Crippen LogP contribution in [0, 0.1) is 91.8 Å². The average Bonchev–Trinajstić information content (AvgIpc) is 3.53. The molecular formula is C28H4F4N10. The number of allylic oxidation sites excluding steroid dienone is 8. The van der Waals surface area contributed by atoms with Crippen LogP contribution in [-0.2, 0) is 0 Å².